The molecule has 22 heteroatoms. The number of anilines is 1. The highest BCUT2D eigenvalue weighted by Crippen LogP contribution is 2.46. The second-order valence-electron chi connectivity index (χ2n) is 13.9. The number of nitrogens with zero attached hydrogens (tertiary/aromatic N) is 6. The van der Waals surface area contributed by atoms with Gasteiger partial charge < -0.3 is 30.6 Å². The molecule has 0 radical (unpaired) electrons. The van der Waals surface area contributed by atoms with Crippen LogP contribution in [0.5, 0.6) is 0 Å². The molecular weight excluding hydrogens is 819 g/mol. The Kier molecular flexibility index (Phi) is 14.1. The van der Waals surface area contributed by atoms with Crippen molar-refractivity contribution in [1.82, 2.24) is 29.9 Å². The highest BCUT2D eigenvalue weighted by Gasteiger charge is 2.55. The summed E-state index contributed by atoms with van der Waals surface area (Å²) >= 11 is 4.59. The van der Waals surface area contributed by atoms with Crippen LogP contribution in [0.2, 0.25) is 0 Å². The molecule has 1 fully saturated rings. The fourth-order valence-corrected chi connectivity index (χ4v) is 9.34. The molecule has 57 heavy (non-hydrogen) atoms. The van der Waals surface area contributed by atoms with E-state index in [9.17, 15) is 33.9 Å². The molecule has 3 atom stereocenters. The van der Waals surface area contributed by atoms with Crippen LogP contribution in [-0.2, 0) is 45.4 Å². The van der Waals surface area contributed by atoms with Crippen LogP contribution in [0.15, 0.2) is 50.0 Å². The number of carboxylic acids is 1. The lowest BCUT2D eigenvalue weighted by Crippen LogP contribution is -2.71. The van der Waals surface area contributed by atoms with E-state index < -0.39 is 58.6 Å². The minimum Gasteiger partial charge on any atom is -0.477 e. The summed E-state index contributed by atoms with van der Waals surface area (Å²) in [4.78, 5) is 92.9. The summed E-state index contributed by atoms with van der Waals surface area (Å²) in [6.45, 7) is 10.4. The Hall–Kier alpha value is -4.93. The summed E-state index contributed by atoms with van der Waals surface area (Å²) in [7, 11) is 1.91. The van der Waals surface area contributed by atoms with Crippen LogP contribution >= 0.6 is 46.4 Å². The number of esters is 1. The van der Waals surface area contributed by atoms with Gasteiger partial charge in [0.05, 0.1) is 5.69 Å². The fraction of sp³-hybridized carbons (Fsp3) is 0.457. The molecule has 3 aromatic heterocycles. The molecule has 1 saturated heterocycles. The first-order chi connectivity index (χ1) is 26.9. The number of aromatic nitrogens is 4. The van der Waals surface area contributed by atoms with E-state index in [1.165, 1.54) is 34.9 Å². The van der Waals surface area contributed by atoms with E-state index in [1.807, 2.05) is 41.5 Å². The second-order valence-corrected chi connectivity index (χ2v) is 18.0. The number of carbonyl (C=O) groups is 6. The van der Waals surface area contributed by atoms with E-state index in [0.29, 0.717) is 9.24 Å². The number of rotatable bonds is 16. The Balaban J connectivity index is 1.19. The summed E-state index contributed by atoms with van der Waals surface area (Å²) in [6, 6.07) is 1.87. The Labute approximate surface area is 344 Å². The van der Waals surface area contributed by atoms with E-state index >= 15 is 0 Å². The number of carbonyl (C=O) groups excluding carboxylic acids is 5. The summed E-state index contributed by atoms with van der Waals surface area (Å²) in [5.74, 6) is -4.65. The van der Waals surface area contributed by atoms with Crippen LogP contribution < -0.4 is 20.5 Å². The third kappa shape index (κ3) is 10.9. The molecule has 0 aromatic carbocycles. The number of oxime groups is 1. The topological polar surface area (TPSA) is 235 Å². The number of thiazole rings is 1. The number of β-lactam (4-membered cyclic amide) rings is 1. The van der Waals surface area contributed by atoms with Crippen LogP contribution in [0, 0.1) is 5.92 Å². The third-order valence-corrected chi connectivity index (χ3v) is 12.1. The molecule has 2 aliphatic rings. The first-order valence-corrected chi connectivity index (χ1v) is 21.1. The number of pyridine rings is 1. The van der Waals surface area contributed by atoms with E-state index in [0.717, 1.165) is 27.7 Å². The van der Waals surface area contributed by atoms with E-state index in [4.69, 9.17) is 9.57 Å². The summed E-state index contributed by atoms with van der Waals surface area (Å²) in [6.07, 6.45) is 3.33. The Morgan fingerprint density at radius 1 is 1.12 bits per heavy atom. The Bertz CT molecular complexity index is 2090. The van der Waals surface area contributed by atoms with Gasteiger partial charge in [-0.15, -0.1) is 23.1 Å². The molecule has 3 aromatic rings. The number of thioether (sulfide) groups is 2. The third-order valence-electron chi connectivity index (χ3n) is 8.00. The van der Waals surface area contributed by atoms with Gasteiger partial charge in [-0.2, -0.15) is 9.36 Å². The van der Waals surface area contributed by atoms with Crippen molar-refractivity contribution in [2.75, 3.05) is 17.7 Å². The van der Waals surface area contributed by atoms with E-state index in [1.54, 1.807) is 41.5 Å². The molecule has 0 aliphatic carbocycles. The zero-order chi connectivity index (χ0) is 41.6. The molecule has 18 nitrogen and oxygen atoms in total. The smallest absolute Gasteiger partial charge is 0.353 e. The van der Waals surface area contributed by atoms with Crippen molar-refractivity contribution in [3.8, 4) is 11.3 Å². The number of hydrogen-bond acceptors (Lipinski definition) is 16. The first-order valence-electron chi connectivity index (χ1n) is 17.6. The number of nitrogens with one attached hydrogen (secondary N) is 3. The monoisotopic (exact) mass is 860 g/mol. The predicted molar refractivity (Wildman–Crippen MR) is 213 cm³/mol. The molecular formula is C35H42N9O9S4+. The quantitative estimate of drug-likeness (QED) is 0.0533. The molecule has 0 spiro atoms. The predicted octanol–water partition coefficient (Wildman–Crippen LogP) is 2.92. The van der Waals surface area contributed by atoms with Crippen LogP contribution in [0.4, 0.5) is 5.13 Å². The van der Waals surface area contributed by atoms with Crippen LogP contribution in [0.1, 0.15) is 60.2 Å². The largest absolute Gasteiger partial charge is 0.477 e. The molecule has 304 valence electrons. The molecule has 5 heterocycles. The van der Waals surface area contributed by atoms with Gasteiger partial charge in [0.1, 0.15) is 42.4 Å². The van der Waals surface area contributed by atoms with Gasteiger partial charge in [0.25, 0.3) is 11.8 Å². The van der Waals surface area contributed by atoms with Crippen molar-refractivity contribution in [2.24, 2.45) is 18.1 Å². The SMILES string of the molecule is CCO/N=C(\C(=O)N[C@@H]1C(=O)N2C(C(=O)O)=C(Sc3nc(-c4cc[n+](C)cc4)cs3)CS[C@H]12)c1nsc(NC(=O)CCC(=O)N[C@H](C(=O)OC(C)(C)C)C(C)C)n1. The Morgan fingerprint density at radius 2 is 1.82 bits per heavy atom. The molecule has 0 saturated carbocycles. The summed E-state index contributed by atoms with van der Waals surface area (Å²) in [5, 5.41) is 23.0. The minimum absolute atomic E-state index is 0.00133. The first kappa shape index (κ1) is 43.2. The number of amides is 4. The van der Waals surface area contributed by atoms with Gasteiger partial charge in [0.2, 0.25) is 28.5 Å². The number of aryl methyl sites for hydroxylation is 1. The Morgan fingerprint density at radius 3 is 2.47 bits per heavy atom. The maximum Gasteiger partial charge on any atom is 0.353 e. The molecule has 5 rings (SSSR count). The van der Waals surface area contributed by atoms with Crippen LogP contribution in [0.3, 0.4) is 0 Å². The average molecular weight is 861 g/mol. The summed E-state index contributed by atoms with van der Waals surface area (Å²) in [5.41, 5.74) is 0.370. The fourth-order valence-electron chi connectivity index (χ4n) is 5.29. The highest BCUT2D eigenvalue weighted by atomic mass is 32.2. The molecule has 0 bridgehead atoms. The number of aliphatic carboxylic acids is 1. The number of fused-ring (bicyclic) bond motifs is 1. The van der Waals surface area contributed by atoms with Gasteiger partial charge in [-0.3, -0.25) is 24.1 Å². The van der Waals surface area contributed by atoms with Crippen molar-refractivity contribution in [1.29, 1.82) is 0 Å². The molecule has 4 amide bonds. The van der Waals surface area contributed by atoms with Gasteiger partial charge in [-0.05, 0) is 33.6 Å². The lowest BCUT2D eigenvalue weighted by molar-refractivity contribution is -0.671. The van der Waals surface area contributed by atoms with Gasteiger partial charge in [-0.25, -0.2) is 19.1 Å². The number of carboxylic acid groups (broad SMARTS) is 1. The maximum absolute atomic E-state index is 13.5. The van der Waals surface area contributed by atoms with Crippen molar-refractivity contribution in [3.63, 3.8) is 0 Å². The number of hydrogen-bond donors (Lipinski definition) is 4. The lowest BCUT2D eigenvalue weighted by atomic mass is 10.0. The van der Waals surface area contributed by atoms with Gasteiger partial charge in [0.15, 0.2) is 16.7 Å². The molecule has 4 N–H and O–H groups in total. The van der Waals surface area contributed by atoms with Crippen molar-refractivity contribution in [3.05, 3.63) is 46.3 Å². The van der Waals surface area contributed by atoms with Gasteiger partial charge in [0, 0.05) is 58.1 Å². The molecule has 0 unspecified atom stereocenters. The van der Waals surface area contributed by atoms with E-state index in [-0.39, 0.29) is 53.5 Å². The lowest BCUT2D eigenvalue weighted by Gasteiger charge is -2.49. The minimum atomic E-state index is -1.28. The van der Waals surface area contributed by atoms with Gasteiger partial charge in [-0.1, -0.05) is 30.8 Å². The maximum atomic E-state index is 13.5. The zero-order valence-electron chi connectivity index (χ0n) is 32.1. The second kappa shape index (κ2) is 18.6. The number of ether oxygens (including phenoxy) is 1. The van der Waals surface area contributed by atoms with Crippen LogP contribution in [-0.4, -0.2) is 101 Å². The summed E-state index contributed by atoms with van der Waals surface area (Å²) < 4.78 is 12.0. The van der Waals surface area contributed by atoms with E-state index in [2.05, 4.69) is 35.4 Å². The van der Waals surface area contributed by atoms with Crippen LogP contribution in [0.25, 0.3) is 11.3 Å². The van der Waals surface area contributed by atoms with Crippen molar-refractivity contribution >= 4 is 92.8 Å². The van der Waals surface area contributed by atoms with Gasteiger partial charge >= 0.3 is 11.9 Å². The standard InChI is InChI=1S/C35H41N9O9S4/c1-8-52-41-24(27-40-33(57-42-27)38-22(46)10-9-21(45)37-23(17(2)3)32(51)53-35(4,5)6)28(47)39-25-29(48)44-26(31(49)50)20(16-54-30(25)44)56-34-36-19(15-55-34)18-11-13-43(7)14-12-18/h11-15,17,23,25,30H,8-10,16H2,1-7H3,(H3-,37,38,39,40,42,45,46,47,49,50)/p+1/b41-24-/t23-,25+,30+/m0/s1. The highest BCUT2D eigenvalue weighted by molar-refractivity contribution is 8.07. The van der Waals surface area contributed by atoms with Crippen molar-refractivity contribution in [2.45, 2.75) is 81.8 Å². The normalized spacial score (nSPS) is 17.4. The average Bonchev–Trinajstić information content (AvgIpc) is 3.81. The zero-order valence-corrected chi connectivity index (χ0v) is 35.3. The molecule has 2 aliphatic heterocycles. The van der Waals surface area contributed by atoms with Crippen molar-refractivity contribution < 1.29 is 48.0 Å².